The van der Waals surface area contributed by atoms with Crippen molar-refractivity contribution in [1.29, 1.82) is 0 Å². The number of rotatable bonds is 0. The Hall–Kier alpha value is 2.36. The van der Waals surface area contributed by atoms with Crippen LogP contribution in [0, 0.1) is 0 Å². The Morgan fingerprint density at radius 2 is 1.20 bits per heavy atom. The molecule has 0 aromatic heterocycles. The summed E-state index contributed by atoms with van der Waals surface area (Å²) in [5, 5.41) is 0. The summed E-state index contributed by atoms with van der Waals surface area (Å²) in [5.41, 5.74) is 0. The van der Waals surface area contributed by atoms with Crippen LogP contribution < -0.4 is 68.9 Å². The van der Waals surface area contributed by atoms with Gasteiger partial charge in [-0.15, -0.1) is 0 Å². The van der Waals surface area contributed by atoms with E-state index < -0.39 is 8.60 Å². The summed E-state index contributed by atoms with van der Waals surface area (Å²) in [6, 6.07) is 0. The van der Waals surface area contributed by atoms with Crippen LogP contribution >= 0.6 is 8.60 Å². The third-order valence-electron chi connectivity index (χ3n) is 0. The normalized spacial score (nSPS) is 7.20. The van der Waals surface area contributed by atoms with Gasteiger partial charge in [0, 0.05) is 0 Å². The molecule has 0 unspecified atom stereocenters. The summed E-state index contributed by atoms with van der Waals surface area (Å²) in [6.07, 6.45) is 0. The molecule has 0 aromatic carbocycles. The minimum Gasteiger partial charge on any atom is -1.00 e. The van der Waals surface area contributed by atoms with E-state index in [4.69, 9.17) is 14.7 Å². The fourth-order valence-corrected chi connectivity index (χ4v) is 0. The van der Waals surface area contributed by atoms with E-state index in [9.17, 15) is 0 Å². The first-order valence-electron chi connectivity index (χ1n) is 0.600. The van der Waals surface area contributed by atoms with E-state index in [0.717, 1.165) is 0 Å². The molecule has 0 radical (unpaired) electrons. The zero-order valence-corrected chi connectivity index (χ0v) is 9.96. The fraction of sp³-hybridized carbons (Fsp3) is 0. The quantitative estimate of drug-likeness (QED) is 0.365. The molecule has 0 saturated heterocycles. The summed E-state index contributed by atoms with van der Waals surface area (Å²) < 4.78 is 0. The molecule has 5 heteroatoms. The Bertz CT molecular complexity index is 15.5. The topological polar surface area (TPSA) is 60.7 Å². The van der Waals surface area contributed by atoms with Crippen LogP contribution in [0.5, 0.6) is 0 Å². The molecule has 3 nitrogen and oxygen atoms in total. The molecule has 0 saturated carbocycles. The van der Waals surface area contributed by atoms with E-state index in [1.165, 1.54) is 0 Å². The molecule has 0 amide bonds. The average Bonchev–Trinajstić information content (AvgIpc) is 0.811. The van der Waals surface area contributed by atoms with E-state index in [2.05, 4.69) is 0 Å². The maximum atomic E-state index is 7.23. The molecule has 0 atom stereocenters. The van der Waals surface area contributed by atoms with E-state index >= 15 is 0 Å². The van der Waals surface area contributed by atoms with Crippen molar-refractivity contribution in [2.45, 2.75) is 0 Å². The fourth-order valence-electron chi connectivity index (χ4n) is 0. The van der Waals surface area contributed by atoms with Gasteiger partial charge >= 0.3 is 77.5 Å². The summed E-state index contributed by atoms with van der Waals surface area (Å²) >= 11 is 0. The van der Waals surface area contributed by atoms with Gasteiger partial charge in [0.25, 0.3) is 0 Å². The first kappa shape index (κ1) is 10.4. The van der Waals surface area contributed by atoms with Crippen LogP contribution in [0.25, 0.3) is 0 Å². The zero-order chi connectivity index (χ0) is 3.58. The van der Waals surface area contributed by atoms with Gasteiger partial charge in [0.2, 0.25) is 0 Å². The van der Waals surface area contributed by atoms with Gasteiger partial charge in [-0.2, -0.15) is 0 Å². The molecule has 28 valence electrons. The minimum absolute atomic E-state index is 0. The van der Waals surface area contributed by atoms with Crippen molar-refractivity contribution in [2.75, 3.05) is 0 Å². The van der Waals surface area contributed by atoms with Gasteiger partial charge < -0.3 is 16.1 Å². The van der Waals surface area contributed by atoms with E-state index in [0.29, 0.717) is 0 Å². The Kier molecular flexibility index (Phi) is 13.2. The molecule has 0 aliphatic heterocycles. The maximum absolute atomic E-state index is 7.23. The third-order valence-corrected chi connectivity index (χ3v) is 0. The molecular formula is H4CsO3P. The van der Waals surface area contributed by atoms with Crippen molar-refractivity contribution in [3.05, 3.63) is 0 Å². The Balaban J connectivity index is -0.0000000450. The van der Waals surface area contributed by atoms with Crippen molar-refractivity contribution in [2.24, 2.45) is 0 Å². The Morgan fingerprint density at radius 3 is 1.20 bits per heavy atom. The van der Waals surface area contributed by atoms with Gasteiger partial charge in [-0.3, -0.25) is 0 Å². The molecule has 0 rings (SSSR count). The van der Waals surface area contributed by atoms with Gasteiger partial charge in [-0.1, -0.05) is 0 Å². The van der Waals surface area contributed by atoms with E-state index in [1.54, 1.807) is 0 Å². The molecule has 0 bridgehead atoms. The molecule has 5 heavy (non-hydrogen) atoms. The summed E-state index contributed by atoms with van der Waals surface area (Å²) in [6.45, 7) is 0. The molecule has 0 aliphatic rings. The van der Waals surface area contributed by atoms with Crippen LogP contribution in [0.15, 0.2) is 0 Å². The molecular weight excluding hydrogens is 212 g/mol. The van der Waals surface area contributed by atoms with Crippen LogP contribution in [-0.4, -0.2) is 14.7 Å². The summed E-state index contributed by atoms with van der Waals surface area (Å²) in [5.74, 6) is 0. The van der Waals surface area contributed by atoms with Crippen molar-refractivity contribution >= 4 is 8.60 Å². The van der Waals surface area contributed by atoms with Crippen molar-refractivity contribution in [1.82, 2.24) is 0 Å². The second-order valence-electron chi connectivity index (χ2n) is 0.268. The van der Waals surface area contributed by atoms with Gasteiger partial charge in [-0.05, 0) is 0 Å². The van der Waals surface area contributed by atoms with Gasteiger partial charge in [0.05, 0.1) is 0 Å². The smallest absolute Gasteiger partial charge is 1.00 e. The molecule has 0 aliphatic carbocycles. The summed E-state index contributed by atoms with van der Waals surface area (Å²) in [7, 11) is -2.62. The van der Waals surface area contributed by atoms with Crippen molar-refractivity contribution < 1.29 is 85.0 Å². The predicted octanol–water partition coefficient (Wildman–Crippen LogP) is -3.69. The second-order valence-corrected chi connectivity index (χ2v) is 0.805. The van der Waals surface area contributed by atoms with Crippen LogP contribution in [0.2, 0.25) is 0 Å². The van der Waals surface area contributed by atoms with Crippen LogP contribution in [0.1, 0.15) is 1.43 Å². The van der Waals surface area contributed by atoms with Crippen LogP contribution in [-0.2, 0) is 0 Å². The maximum Gasteiger partial charge on any atom is 1.00 e. The molecule has 0 spiro atoms. The van der Waals surface area contributed by atoms with E-state index in [-0.39, 0.29) is 70.3 Å². The largest absolute Gasteiger partial charge is 1.00 e. The Labute approximate surface area is 91.3 Å². The second kappa shape index (κ2) is 6.36. The Morgan fingerprint density at radius 1 is 1.20 bits per heavy atom. The van der Waals surface area contributed by atoms with Crippen LogP contribution in [0.4, 0.5) is 0 Å². The van der Waals surface area contributed by atoms with Crippen molar-refractivity contribution in [3.8, 4) is 0 Å². The molecule has 0 aromatic rings. The van der Waals surface area contributed by atoms with Gasteiger partial charge in [0.15, 0.2) is 0 Å². The predicted molar refractivity (Wildman–Crippen MR) is 14.7 cm³/mol. The first-order chi connectivity index (χ1) is 1.73. The average molecular weight is 216 g/mol. The van der Waals surface area contributed by atoms with Crippen molar-refractivity contribution in [3.63, 3.8) is 0 Å². The third kappa shape index (κ3) is 21.7. The molecule has 0 fully saturated rings. The summed E-state index contributed by atoms with van der Waals surface area (Å²) in [4.78, 5) is 21.7. The first-order valence-corrected chi connectivity index (χ1v) is 1.80. The SMILES string of the molecule is OP(O)O.[Cs+].[H-]. The molecule has 3 N–H and O–H groups in total. The van der Waals surface area contributed by atoms with E-state index in [1.807, 2.05) is 0 Å². The van der Waals surface area contributed by atoms with Gasteiger partial charge in [-0.25, -0.2) is 0 Å². The number of hydrogen-bond acceptors (Lipinski definition) is 3. The monoisotopic (exact) mass is 216 g/mol. The molecule has 0 heterocycles. The zero-order valence-electron chi connectivity index (χ0n) is 3.79. The van der Waals surface area contributed by atoms with Crippen LogP contribution in [0.3, 0.4) is 0 Å². The standard InChI is InChI=1S/Cs.H3O3P.H/c;1-4(2)3;/h;1-3H;/q+1;;-1. The van der Waals surface area contributed by atoms with Gasteiger partial charge in [0.1, 0.15) is 0 Å². The minimum atomic E-state index is -2.62. The number of hydrogen-bond donors (Lipinski definition) is 3.